The number of nitrogens with two attached hydrogens (primary N) is 1. The van der Waals surface area contributed by atoms with E-state index in [0.29, 0.717) is 39.0 Å². The van der Waals surface area contributed by atoms with Crippen LogP contribution in [-0.4, -0.2) is 53.8 Å². The largest absolute Gasteiger partial charge is 0.339 e. The maximum Gasteiger partial charge on any atom is 0.255 e. The van der Waals surface area contributed by atoms with E-state index in [1.54, 1.807) is 9.80 Å². The van der Waals surface area contributed by atoms with Crippen molar-refractivity contribution in [2.75, 3.05) is 26.2 Å². The zero-order valence-electron chi connectivity index (χ0n) is 13.1. The third-order valence-corrected chi connectivity index (χ3v) is 4.21. The van der Waals surface area contributed by atoms with Crippen LogP contribution in [0.4, 0.5) is 4.39 Å². The highest BCUT2D eigenvalue weighted by molar-refractivity contribution is 6.33. The van der Waals surface area contributed by atoms with Gasteiger partial charge in [-0.3, -0.25) is 9.59 Å². The summed E-state index contributed by atoms with van der Waals surface area (Å²) in [6, 6.07) is 3.73. The van der Waals surface area contributed by atoms with E-state index in [1.165, 1.54) is 12.1 Å². The highest BCUT2D eigenvalue weighted by Gasteiger charge is 2.25. The van der Waals surface area contributed by atoms with E-state index in [9.17, 15) is 14.0 Å². The van der Waals surface area contributed by atoms with E-state index >= 15 is 0 Å². The number of rotatable bonds is 4. The number of amides is 2. The molecule has 2 N–H and O–H groups in total. The summed E-state index contributed by atoms with van der Waals surface area (Å²) in [5.74, 6) is -0.650. The van der Waals surface area contributed by atoms with Crippen molar-refractivity contribution < 1.29 is 14.0 Å². The molecule has 0 spiro atoms. The van der Waals surface area contributed by atoms with Crippen molar-refractivity contribution in [1.82, 2.24) is 9.80 Å². The molecule has 2 rings (SSSR count). The molecule has 1 heterocycles. The minimum absolute atomic E-state index is 0.00225. The van der Waals surface area contributed by atoms with Crippen LogP contribution in [0, 0.1) is 5.82 Å². The van der Waals surface area contributed by atoms with Crippen LogP contribution in [0.25, 0.3) is 0 Å². The average molecular weight is 342 g/mol. The first kappa shape index (κ1) is 17.7. The molecule has 1 saturated heterocycles. The third-order valence-electron chi connectivity index (χ3n) is 3.89. The molecular weight excluding hydrogens is 321 g/mol. The summed E-state index contributed by atoms with van der Waals surface area (Å²) in [7, 11) is 0. The summed E-state index contributed by atoms with van der Waals surface area (Å²) < 4.78 is 13.1. The lowest BCUT2D eigenvalue weighted by Gasteiger charge is -2.35. The molecule has 1 aliphatic heterocycles. The predicted molar refractivity (Wildman–Crippen MR) is 86.8 cm³/mol. The number of carbonyl (C=O) groups excluding carboxylic acids is 2. The molecule has 126 valence electrons. The first-order valence-electron chi connectivity index (χ1n) is 7.66. The van der Waals surface area contributed by atoms with E-state index < -0.39 is 5.82 Å². The Morgan fingerprint density at radius 2 is 1.87 bits per heavy atom. The summed E-state index contributed by atoms with van der Waals surface area (Å²) in [4.78, 5) is 27.8. The Balaban J connectivity index is 1.91. The summed E-state index contributed by atoms with van der Waals surface area (Å²) in [5, 5.41) is 0.102. The number of benzene rings is 1. The van der Waals surface area contributed by atoms with Gasteiger partial charge in [-0.1, -0.05) is 11.6 Å². The quantitative estimate of drug-likeness (QED) is 0.909. The van der Waals surface area contributed by atoms with Gasteiger partial charge in [-0.2, -0.15) is 0 Å². The van der Waals surface area contributed by atoms with E-state index in [1.807, 2.05) is 6.92 Å². The number of hydrogen-bond donors (Lipinski definition) is 1. The van der Waals surface area contributed by atoms with E-state index in [2.05, 4.69) is 0 Å². The minimum atomic E-state index is -0.476. The Kier molecular flexibility index (Phi) is 5.96. The lowest BCUT2D eigenvalue weighted by atomic mass is 10.1. The van der Waals surface area contributed by atoms with Crippen molar-refractivity contribution in [2.24, 2.45) is 5.73 Å². The van der Waals surface area contributed by atoms with Crippen LogP contribution in [0.1, 0.15) is 30.1 Å². The Labute approximate surface area is 140 Å². The Hall–Kier alpha value is -1.66. The highest BCUT2D eigenvalue weighted by atomic mass is 35.5. The van der Waals surface area contributed by atoms with Crippen LogP contribution >= 0.6 is 11.6 Å². The third kappa shape index (κ3) is 4.65. The second kappa shape index (κ2) is 7.75. The van der Waals surface area contributed by atoms with Crippen molar-refractivity contribution in [3.8, 4) is 0 Å². The van der Waals surface area contributed by atoms with Gasteiger partial charge in [0, 0.05) is 38.6 Å². The fourth-order valence-corrected chi connectivity index (χ4v) is 2.75. The van der Waals surface area contributed by atoms with Gasteiger partial charge in [0.05, 0.1) is 10.6 Å². The van der Waals surface area contributed by atoms with Gasteiger partial charge in [-0.15, -0.1) is 0 Å². The SMILES string of the molecule is CC(N)CCC(=O)N1CCN(C(=O)c2ccc(F)cc2Cl)CC1. The molecule has 2 amide bonds. The standard InChI is InChI=1S/C16H21ClFN3O2/c1-11(19)2-5-15(22)20-6-8-21(9-7-20)16(23)13-4-3-12(18)10-14(13)17/h3-4,10-11H,2,5-9,19H2,1H3. The molecule has 0 aromatic heterocycles. The smallest absolute Gasteiger partial charge is 0.255 e. The van der Waals surface area contributed by atoms with Crippen molar-refractivity contribution >= 4 is 23.4 Å². The van der Waals surface area contributed by atoms with E-state index in [-0.39, 0.29) is 28.4 Å². The average Bonchev–Trinajstić information content (AvgIpc) is 2.52. The summed E-state index contributed by atoms with van der Waals surface area (Å²) >= 11 is 5.93. The summed E-state index contributed by atoms with van der Waals surface area (Å²) in [5.41, 5.74) is 5.94. The first-order valence-corrected chi connectivity index (χ1v) is 8.04. The van der Waals surface area contributed by atoms with Gasteiger partial charge >= 0.3 is 0 Å². The highest BCUT2D eigenvalue weighted by Crippen LogP contribution is 2.20. The molecule has 1 atom stereocenters. The van der Waals surface area contributed by atoms with Crippen LogP contribution in [0.3, 0.4) is 0 Å². The zero-order chi connectivity index (χ0) is 17.0. The zero-order valence-corrected chi connectivity index (χ0v) is 13.9. The lowest BCUT2D eigenvalue weighted by Crippen LogP contribution is -2.50. The number of nitrogens with zero attached hydrogens (tertiary/aromatic N) is 2. The molecule has 23 heavy (non-hydrogen) atoms. The number of carbonyl (C=O) groups is 2. The molecule has 5 nitrogen and oxygen atoms in total. The van der Waals surface area contributed by atoms with Crippen molar-refractivity contribution in [3.63, 3.8) is 0 Å². The fraction of sp³-hybridized carbons (Fsp3) is 0.500. The van der Waals surface area contributed by atoms with Crippen molar-refractivity contribution in [1.29, 1.82) is 0 Å². The van der Waals surface area contributed by atoms with Crippen LogP contribution in [0.5, 0.6) is 0 Å². The number of halogens is 2. The predicted octanol–water partition coefficient (Wildman–Crippen LogP) is 1.89. The minimum Gasteiger partial charge on any atom is -0.339 e. The van der Waals surface area contributed by atoms with Gasteiger partial charge in [0.25, 0.3) is 5.91 Å². The van der Waals surface area contributed by atoms with Gasteiger partial charge in [0.15, 0.2) is 0 Å². The Morgan fingerprint density at radius 1 is 1.26 bits per heavy atom. The second-order valence-corrected chi connectivity index (χ2v) is 6.22. The normalized spacial score (nSPS) is 16.3. The number of hydrogen-bond acceptors (Lipinski definition) is 3. The molecule has 1 aromatic carbocycles. The van der Waals surface area contributed by atoms with Crippen molar-refractivity contribution in [2.45, 2.75) is 25.8 Å². The molecule has 1 fully saturated rings. The topological polar surface area (TPSA) is 66.6 Å². The lowest BCUT2D eigenvalue weighted by molar-refractivity contribution is -0.132. The molecule has 0 radical (unpaired) electrons. The monoisotopic (exact) mass is 341 g/mol. The maximum atomic E-state index is 13.1. The summed E-state index contributed by atoms with van der Waals surface area (Å²) in [6.45, 7) is 3.73. The van der Waals surface area contributed by atoms with Crippen LogP contribution < -0.4 is 5.73 Å². The van der Waals surface area contributed by atoms with Crippen LogP contribution in [-0.2, 0) is 4.79 Å². The van der Waals surface area contributed by atoms with E-state index in [0.717, 1.165) is 6.07 Å². The molecule has 0 aliphatic carbocycles. The van der Waals surface area contributed by atoms with E-state index in [4.69, 9.17) is 17.3 Å². The summed E-state index contributed by atoms with van der Waals surface area (Å²) in [6.07, 6.45) is 1.08. The fourth-order valence-electron chi connectivity index (χ4n) is 2.50. The van der Waals surface area contributed by atoms with Gasteiger partial charge in [-0.05, 0) is 31.5 Å². The molecular formula is C16H21ClFN3O2. The molecule has 0 bridgehead atoms. The maximum absolute atomic E-state index is 13.1. The molecule has 1 aliphatic rings. The van der Waals surface area contributed by atoms with Gasteiger partial charge in [-0.25, -0.2) is 4.39 Å². The van der Waals surface area contributed by atoms with Gasteiger partial charge in [0.1, 0.15) is 5.82 Å². The van der Waals surface area contributed by atoms with Gasteiger partial charge < -0.3 is 15.5 Å². The Morgan fingerprint density at radius 3 is 2.43 bits per heavy atom. The second-order valence-electron chi connectivity index (χ2n) is 5.81. The van der Waals surface area contributed by atoms with Crippen LogP contribution in [0.15, 0.2) is 18.2 Å². The van der Waals surface area contributed by atoms with Gasteiger partial charge in [0.2, 0.25) is 5.91 Å². The Bertz CT molecular complexity index is 587. The molecule has 7 heteroatoms. The molecule has 0 saturated carbocycles. The molecule has 1 unspecified atom stereocenters. The first-order chi connectivity index (χ1) is 10.9. The van der Waals surface area contributed by atoms with Crippen LogP contribution in [0.2, 0.25) is 5.02 Å². The number of piperazine rings is 1. The van der Waals surface area contributed by atoms with Crippen molar-refractivity contribution in [3.05, 3.63) is 34.6 Å². The molecule has 1 aromatic rings.